The maximum Gasteiger partial charge on any atom is 0.233 e. The van der Waals surface area contributed by atoms with E-state index >= 15 is 0 Å². The standard InChI is InChI=1S/C22H24NO4/c1-26-20-8-4-3-7-18(20)22(25)19-10-9-17(16-24)15-21(19)27-14-13-23-11-5-2-6-12-23/h3-4,7-10,15H,2,5-6,11-14H2,1H3. The van der Waals surface area contributed by atoms with Gasteiger partial charge in [-0.2, -0.15) is 0 Å². The zero-order chi connectivity index (χ0) is 19.1. The summed E-state index contributed by atoms with van der Waals surface area (Å²) in [5, 5.41) is 0. The molecule has 5 heteroatoms. The first-order valence-corrected chi connectivity index (χ1v) is 9.28. The summed E-state index contributed by atoms with van der Waals surface area (Å²) in [5.74, 6) is 0.717. The van der Waals surface area contributed by atoms with Crippen molar-refractivity contribution in [3.05, 3.63) is 59.2 Å². The molecule has 1 heterocycles. The summed E-state index contributed by atoms with van der Waals surface area (Å²) in [4.78, 5) is 26.4. The van der Waals surface area contributed by atoms with Gasteiger partial charge in [0.25, 0.3) is 0 Å². The molecule has 1 radical (unpaired) electrons. The number of hydrogen-bond donors (Lipinski definition) is 0. The summed E-state index contributed by atoms with van der Waals surface area (Å²) in [6.45, 7) is 3.43. The van der Waals surface area contributed by atoms with Crippen molar-refractivity contribution in [2.75, 3.05) is 33.4 Å². The normalized spacial score (nSPS) is 14.6. The van der Waals surface area contributed by atoms with E-state index in [-0.39, 0.29) is 5.78 Å². The van der Waals surface area contributed by atoms with Crippen LogP contribution in [-0.4, -0.2) is 50.3 Å². The summed E-state index contributed by atoms with van der Waals surface area (Å²) in [6.07, 6.45) is 5.57. The molecule has 0 N–H and O–H groups in total. The first-order valence-electron chi connectivity index (χ1n) is 9.28. The summed E-state index contributed by atoms with van der Waals surface area (Å²) in [7, 11) is 1.53. The molecule has 0 spiro atoms. The summed E-state index contributed by atoms with van der Waals surface area (Å²) < 4.78 is 11.2. The van der Waals surface area contributed by atoms with E-state index in [2.05, 4.69) is 4.90 Å². The molecule has 0 unspecified atom stereocenters. The second-order valence-corrected chi connectivity index (χ2v) is 6.59. The lowest BCUT2D eigenvalue weighted by molar-refractivity contribution is 0.103. The lowest BCUT2D eigenvalue weighted by Gasteiger charge is -2.26. The smallest absolute Gasteiger partial charge is 0.233 e. The molecule has 0 aliphatic carbocycles. The highest BCUT2D eigenvalue weighted by atomic mass is 16.5. The van der Waals surface area contributed by atoms with Gasteiger partial charge >= 0.3 is 0 Å². The fourth-order valence-electron chi connectivity index (χ4n) is 3.34. The van der Waals surface area contributed by atoms with Gasteiger partial charge in [0.2, 0.25) is 6.29 Å². The Bertz CT molecular complexity index is 797. The molecule has 1 fully saturated rings. The summed E-state index contributed by atoms with van der Waals surface area (Å²) in [6, 6.07) is 11.8. The van der Waals surface area contributed by atoms with Gasteiger partial charge in [-0.3, -0.25) is 14.5 Å². The number of ketones is 1. The van der Waals surface area contributed by atoms with Crippen LogP contribution >= 0.6 is 0 Å². The van der Waals surface area contributed by atoms with Crippen molar-refractivity contribution >= 4 is 12.1 Å². The molecule has 5 nitrogen and oxygen atoms in total. The number of carbonyl (C=O) groups is 1. The third-order valence-corrected chi connectivity index (χ3v) is 4.81. The Balaban J connectivity index is 1.79. The van der Waals surface area contributed by atoms with Crippen molar-refractivity contribution in [3.8, 4) is 11.5 Å². The number of likely N-dealkylation sites (tertiary alicyclic amines) is 1. The van der Waals surface area contributed by atoms with E-state index in [1.165, 1.54) is 26.4 Å². The molecule has 1 saturated heterocycles. The predicted octanol–water partition coefficient (Wildman–Crippen LogP) is 3.25. The Kier molecular flexibility index (Phi) is 6.60. The Morgan fingerprint density at radius 3 is 2.52 bits per heavy atom. The molecule has 3 rings (SSSR count). The van der Waals surface area contributed by atoms with E-state index < -0.39 is 0 Å². The number of hydrogen-bond acceptors (Lipinski definition) is 5. The van der Waals surface area contributed by atoms with E-state index in [0.717, 1.165) is 19.6 Å². The fourth-order valence-corrected chi connectivity index (χ4v) is 3.34. The lowest BCUT2D eigenvalue weighted by atomic mass is 10.00. The number of carbonyl (C=O) groups excluding carboxylic acids is 2. The fraction of sp³-hybridized carbons (Fsp3) is 0.364. The van der Waals surface area contributed by atoms with Crippen molar-refractivity contribution in [2.24, 2.45) is 0 Å². The van der Waals surface area contributed by atoms with Gasteiger partial charge < -0.3 is 9.47 Å². The Morgan fingerprint density at radius 1 is 1.04 bits per heavy atom. The monoisotopic (exact) mass is 366 g/mol. The van der Waals surface area contributed by atoms with Gasteiger partial charge in [-0.25, -0.2) is 0 Å². The van der Waals surface area contributed by atoms with E-state index in [1.807, 2.05) is 12.4 Å². The average molecular weight is 366 g/mol. The maximum atomic E-state index is 13.0. The Morgan fingerprint density at radius 2 is 1.78 bits per heavy atom. The highest BCUT2D eigenvalue weighted by Gasteiger charge is 2.19. The minimum Gasteiger partial charge on any atom is -0.496 e. The number of methoxy groups -OCH3 is 1. The molecular weight excluding hydrogens is 342 g/mol. The van der Waals surface area contributed by atoms with Gasteiger partial charge in [0.05, 0.1) is 18.2 Å². The number of piperidine rings is 1. The largest absolute Gasteiger partial charge is 0.496 e. The molecule has 0 amide bonds. The van der Waals surface area contributed by atoms with Crippen LogP contribution < -0.4 is 9.47 Å². The van der Waals surface area contributed by atoms with Crippen LogP contribution in [0.25, 0.3) is 0 Å². The molecule has 0 bridgehead atoms. The second kappa shape index (κ2) is 9.33. The van der Waals surface area contributed by atoms with Gasteiger partial charge in [-0.15, -0.1) is 0 Å². The van der Waals surface area contributed by atoms with E-state index in [9.17, 15) is 9.59 Å². The molecule has 141 valence electrons. The Hall–Kier alpha value is -2.66. The Labute approximate surface area is 159 Å². The summed E-state index contributed by atoms with van der Waals surface area (Å²) in [5.41, 5.74) is 1.24. The van der Waals surface area contributed by atoms with Gasteiger partial charge in [0.15, 0.2) is 5.78 Å². The number of rotatable bonds is 8. The van der Waals surface area contributed by atoms with Crippen molar-refractivity contribution in [3.63, 3.8) is 0 Å². The molecule has 0 saturated carbocycles. The van der Waals surface area contributed by atoms with Crippen molar-refractivity contribution in [1.29, 1.82) is 0 Å². The van der Waals surface area contributed by atoms with Crippen LogP contribution in [-0.2, 0) is 4.79 Å². The van der Waals surface area contributed by atoms with Crippen LogP contribution in [0.1, 0.15) is 40.7 Å². The summed E-state index contributed by atoms with van der Waals surface area (Å²) >= 11 is 0. The van der Waals surface area contributed by atoms with Gasteiger partial charge in [0.1, 0.15) is 18.1 Å². The highest BCUT2D eigenvalue weighted by molar-refractivity contribution is 6.12. The highest BCUT2D eigenvalue weighted by Crippen LogP contribution is 2.27. The van der Waals surface area contributed by atoms with Crippen molar-refractivity contribution in [1.82, 2.24) is 4.90 Å². The minimum absolute atomic E-state index is 0.196. The zero-order valence-electron chi connectivity index (χ0n) is 15.6. The molecule has 2 aromatic carbocycles. The SMILES string of the molecule is COc1ccccc1C(=O)c1ccc([C]=O)cc1OCCN1CCCCC1. The maximum absolute atomic E-state index is 13.0. The minimum atomic E-state index is -0.196. The first-order chi connectivity index (χ1) is 13.2. The molecular formula is C22H24NO4. The van der Waals surface area contributed by atoms with E-state index in [4.69, 9.17) is 9.47 Å². The topological polar surface area (TPSA) is 55.8 Å². The lowest BCUT2D eigenvalue weighted by Crippen LogP contribution is -2.33. The average Bonchev–Trinajstić information content (AvgIpc) is 2.74. The molecule has 1 aliphatic rings. The van der Waals surface area contributed by atoms with Crippen LogP contribution in [0, 0.1) is 0 Å². The predicted molar refractivity (Wildman–Crippen MR) is 103 cm³/mol. The molecule has 0 aromatic heterocycles. The van der Waals surface area contributed by atoms with E-state index in [0.29, 0.717) is 34.8 Å². The van der Waals surface area contributed by atoms with Crippen LogP contribution in [0.5, 0.6) is 11.5 Å². The third kappa shape index (κ3) is 4.74. The number of nitrogens with zero attached hydrogens (tertiary/aromatic N) is 1. The van der Waals surface area contributed by atoms with Crippen LogP contribution in [0.4, 0.5) is 0 Å². The number of ether oxygens (including phenoxy) is 2. The van der Waals surface area contributed by atoms with Crippen molar-refractivity contribution in [2.45, 2.75) is 19.3 Å². The quantitative estimate of drug-likeness (QED) is 0.671. The first kappa shape index (κ1) is 19.1. The molecule has 0 atom stereocenters. The van der Waals surface area contributed by atoms with Crippen LogP contribution in [0.3, 0.4) is 0 Å². The third-order valence-electron chi connectivity index (χ3n) is 4.81. The van der Waals surface area contributed by atoms with E-state index in [1.54, 1.807) is 36.4 Å². The number of para-hydroxylation sites is 1. The molecule has 27 heavy (non-hydrogen) atoms. The molecule has 1 aliphatic heterocycles. The number of benzene rings is 2. The zero-order valence-corrected chi connectivity index (χ0v) is 15.6. The second-order valence-electron chi connectivity index (χ2n) is 6.59. The molecule has 2 aromatic rings. The van der Waals surface area contributed by atoms with Gasteiger partial charge in [0, 0.05) is 12.1 Å². The van der Waals surface area contributed by atoms with Crippen LogP contribution in [0.15, 0.2) is 42.5 Å². The van der Waals surface area contributed by atoms with Gasteiger partial charge in [-0.05, 0) is 56.3 Å². The van der Waals surface area contributed by atoms with Crippen LogP contribution in [0.2, 0.25) is 0 Å². The van der Waals surface area contributed by atoms with Gasteiger partial charge in [-0.1, -0.05) is 18.6 Å². The van der Waals surface area contributed by atoms with Crippen molar-refractivity contribution < 1.29 is 19.1 Å².